The van der Waals surface area contributed by atoms with Crippen LogP contribution < -0.4 is 10.6 Å². The van der Waals surface area contributed by atoms with Crippen LogP contribution in [0.4, 0.5) is 14.9 Å². The first-order valence-electron chi connectivity index (χ1n) is 5.96. The van der Waals surface area contributed by atoms with Gasteiger partial charge in [0.2, 0.25) is 0 Å². The van der Waals surface area contributed by atoms with E-state index in [2.05, 4.69) is 10.6 Å². The van der Waals surface area contributed by atoms with Gasteiger partial charge in [-0.05, 0) is 36.6 Å². The van der Waals surface area contributed by atoms with Crippen LogP contribution in [0.3, 0.4) is 0 Å². The molecule has 112 valence electrons. The molecule has 3 N–H and O–H groups in total. The number of urea groups is 1. The van der Waals surface area contributed by atoms with Crippen LogP contribution in [-0.4, -0.2) is 35.2 Å². The molecule has 0 fully saturated rings. The molecular formula is C13H14FN3O3S. The summed E-state index contributed by atoms with van der Waals surface area (Å²) in [6.07, 6.45) is 2.11. The molecule has 6 nitrogen and oxygen atoms in total. The number of aliphatic carboxylic acids is 1. The molecule has 0 saturated heterocycles. The number of nitriles is 1. The van der Waals surface area contributed by atoms with Gasteiger partial charge in [-0.2, -0.15) is 17.0 Å². The number of nitrogens with one attached hydrogen (secondary N) is 2. The van der Waals surface area contributed by atoms with Gasteiger partial charge in [0.15, 0.2) is 0 Å². The molecule has 0 aliphatic rings. The normalized spacial score (nSPS) is 11.3. The van der Waals surface area contributed by atoms with Gasteiger partial charge in [0.05, 0.1) is 11.3 Å². The Morgan fingerprint density at radius 1 is 1.52 bits per heavy atom. The zero-order valence-corrected chi connectivity index (χ0v) is 12.0. The highest BCUT2D eigenvalue weighted by atomic mass is 32.2. The lowest BCUT2D eigenvalue weighted by atomic mass is 10.2. The van der Waals surface area contributed by atoms with Gasteiger partial charge in [-0.1, -0.05) is 0 Å². The molecule has 1 atom stereocenters. The fourth-order valence-corrected chi connectivity index (χ4v) is 2.00. The van der Waals surface area contributed by atoms with Crippen LogP contribution in [0.25, 0.3) is 0 Å². The second kappa shape index (κ2) is 8.11. The monoisotopic (exact) mass is 311 g/mol. The Labute approximate surface area is 125 Å². The number of hydrogen-bond acceptors (Lipinski definition) is 4. The molecule has 1 aromatic rings. The van der Waals surface area contributed by atoms with Crippen LogP contribution in [0, 0.1) is 17.1 Å². The second-order valence-electron chi connectivity index (χ2n) is 4.07. The van der Waals surface area contributed by atoms with E-state index in [0.717, 1.165) is 12.1 Å². The van der Waals surface area contributed by atoms with Gasteiger partial charge >= 0.3 is 12.0 Å². The Morgan fingerprint density at radius 2 is 2.24 bits per heavy atom. The fraction of sp³-hybridized carbons (Fsp3) is 0.308. The van der Waals surface area contributed by atoms with E-state index in [1.807, 2.05) is 6.26 Å². The lowest BCUT2D eigenvalue weighted by Crippen LogP contribution is -2.43. The highest BCUT2D eigenvalue weighted by Crippen LogP contribution is 2.15. The molecule has 0 bridgehead atoms. The maximum atomic E-state index is 13.0. The summed E-state index contributed by atoms with van der Waals surface area (Å²) < 4.78 is 13.0. The third-order valence-electron chi connectivity index (χ3n) is 2.56. The quantitative estimate of drug-likeness (QED) is 0.746. The van der Waals surface area contributed by atoms with Gasteiger partial charge in [-0.15, -0.1) is 0 Å². The topological polar surface area (TPSA) is 102 Å². The molecule has 0 heterocycles. The number of thioether (sulfide) groups is 1. The molecule has 0 aliphatic heterocycles. The van der Waals surface area contributed by atoms with Gasteiger partial charge in [-0.25, -0.2) is 14.0 Å². The van der Waals surface area contributed by atoms with Crippen molar-refractivity contribution in [2.24, 2.45) is 0 Å². The Morgan fingerprint density at radius 3 is 2.81 bits per heavy atom. The number of carbonyl (C=O) groups is 2. The summed E-state index contributed by atoms with van der Waals surface area (Å²) in [4.78, 5) is 22.8. The maximum Gasteiger partial charge on any atom is 0.326 e. The minimum absolute atomic E-state index is 0.0406. The van der Waals surface area contributed by atoms with E-state index in [9.17, 15) is 14.0 Å². The average Bonchev–Trinajstić information content (AvgIpc) is 2.44. The van der Waals surface area contributed by atoms with Gasteiger partial charge < -0.3 is 15.7 Å². The molecule has 0 spiro atoms. The molecule has 1 rings (SSSR count). The molecule has 0 radical (unpaired) electrons. The van der Waals surface area contributed by atoms with Crippen LogP contribution in [0.15, 0.2) is 18.2 Å². The Kier molecular flexibility index (Phi) is 6.49. The predicted molar refractivity (Wildman–Crippen MR) is 77.7 cm³/mol. The molecule has 8 heteroatoms. The van der Waals surface area contributed by atoms with E-state index in [4.69, 9.17) is 10.4 Å². The van der Waals surface area contributed by atoms with Crippen molar-refractivity contribution in [2.75, 3.05) is 17.3 Å². The van der Waals surface area contributed by atoms with Crippen LogP contribution in [0.5, 0.6) is 0 Å². The molecule has 21 heavy (non-hydrogen) atoms. The molecule has 0 unspecified atom stereocenters. The zero-order chi connectivity index (χ0) is 15.8. The number of halogens is 1. The first kappa shape index (κ1) is 16.8. The molecular weight excluding hydrogens is 297 g/mol. The number of amides is 2. The molecule has 0 aromatic heterocycles. The van der Waals surface area contributed by atoms with Crippen molar-refractivity contribution in [2.45, 2.75) is 12.5 Å². The van der Waals surface area contributed by atoms with Crippen molar-refractivity contribution in [1.82, 2.24) is 5.32 Å². The Balaban J connectivity index is 2.72. The SMILES string of the molecule is CSCC[C@H](NC(=O)Nc1ccc(F)cc1C#N)C(=O)O. The van der Waals surface area contributed by atoms with Crippen LogP contribution in [-0.2, 0) is 4.79 Å². The van der Waals surface area contributed by atoms with Crippen LogP contribution in [0.2, 0.25) is 0 Å². The van der Waals surface area contributed by atoms with Crippen molar-refractivity contribution in [3.8, 4) is 6.07 Å². The predicted octanol–water partition coefficient (Wildman–Crippen LogP) is 2.03. The van der Waals surface area contributed by atoms with E-state index < -0.39 is 23.9 Å². The van der Waals surface area contributed by atoms with Crippen LogP contribution in [0.1, 0.15) is 12.0 Å². The summed E-state index contributed by atoms with van der Waals surface area (Å²) in [5.74, 6) is -1.16. The summed E-state index contributed by atoms with van der Waals surface area (Å²) in [7, 11) is 0. The zero-order valence-electron chi connectivity index (χ0n) is 11.2. The highest BCUT2D eigenvalue weighted by Gasteiger charge is 2.19. The number of nitrogens with zero attached hydrogens (tertiary/aromatic N) is 1. The van der Waals surface area contributed by atoms with Gasteiger partial charge in [0, 0.05) is 0 Å². The Hall–Kier alpha value is -2.27. The van der Waals surface area contributed by atoms with Gasteiger partial charge in [0.1, 0.15) is 17.9 Å². The van der Waals surface area contributed by atoms with E-state index >= 15 is 0 Å². The van der Waals surface area contributed by atoms with Crippen molar-refractivity contribution in [3.05, 3.63) is 29.6 Å². The lowest BCUT2D eigenvalue weighted by molar-refractivity contribution is -0.139. The van der Waals surface area contributed by atoms with Gasteiger partial charge in [0.25, 0.3) is 0 Å². The highest BCUT2D eigenvalue weighted by molar-refractivity contribution is 7.98. The minimum atomic E-state index is -1.14. The number of hydrogen-bond donors (Lipinski definition) is 3. The summed E-state index contributed by atoms with van der Waals surface area (Å²) in [6, 6.07) is 3.29. The largest absolute Gasteiger partial charge is 0.480 e. The number of carboxylic acids is 1. The van der Waals surface area contributed by atoms with E-state index in [0.29, 0.717) is 5.75 Å². The van der Waals surface area contributed by atoms with Crippen molar-refractivity contribution >= 4 is 29.4 Å². The van der Waals surface area contributed by atoms with E-state index in [1.54, 1.807) is 6.07 Å². The van der Waals surface area contributed by atoms with E-state index in [1.165, 1.54) is 17.8 Å². The second-order valence-corrected chi connectivity index (χ2v) is 5.06. The maximum absolute atomic E-state index is 13.0. The minimum Gasteiger partial charge on any atom is -0.480 e. The smallest absolute Gasteiger partial charge is 0.326 e. The Bertz CT molecular complexity index is 574. The third kappa shape index (κ3) is 5.31. The first-order chi connectivity index (χ1) is 9.97. The van der Waals surface area contributed by atoms with E-state index in [-0.39, 0.29) is 17.7 Å². The summed E-state index contributed by atoms with van der Waals surface area (Å²) in [5, 5.41) is 22.5. The summed E-state index contributed by atoms with van der Waals surface area (Å²) >= 11 is 1.47. The number of rotatable bonds is 6. The summed E-state index contributed by atoms with van der Waals surface area (Å²) in [5.41, 5.74) is 0.0755. The average molecular weight is 311 g/mol. The number of anilines is 1. The van der Waals surface area contributed by atoms with Gasteiger partial charge in [-0.3, -0.25) is 0 Å². The lowest BCUT2D eigenvalue weighted by Gasteiger charge is -2.15. The standard InChI is InChI=1S/C13H14FN3O3S/c1-21-5-4-11(12(18)19)17-13(20)16-10-3-2-9(14)6-8(10)7-15/h2-3,6,11H,4-5H2,1H3,(H,18,19)(H2,16,17,20)/t11-/m0/s1. The number of carbonyl (C=O) groups excluding carboxylic acids is 1. The van der Waals surface area contributed by atoms with Crippen molar-refractivity contribution < 1.29 is 19.1 Å². The van der Waals surface area contributed by atoms with Crippen molar-refractivity contribution in [3.63, 3.8) is 0 Å². The molecule has 0 saturated carbocycles. The summed E-state index contributed by atoms with van der Waals surface area (Å²) in [6.45, 7) is 0. The molecule has 1 aromatic carbocycles. The molecule has 2 amide bonds. The van der Waals surface area contributed by atoms with Crippen molar-refractivity contribution in [1.29, 1.82) is 5.26 Å². The number of carboxylic acid groups (broad SMARTS) is 1. The first-order valence-corrected chi connectivity index (χ1v) is 7.36. The third-order valence-corrected chi connectivity index (χ3v) is 3.21. The molecule has 0 aliphatic carbocycles. The van der Waals surface area contributed by atoms with Crippen LogP contribution >= 0.6 is 11.8 Å². The fourth-order valence-electron chi connectivity index (χ4n) is 1.53. The number of benzene rings is 1.